The summed E-state index contributed by atoms with van der Waals surface area (Å²) in [5, 5.41) is 3.47. The molecule has 0 spiro atoms. The number of nitrogens with one attached hydrogen (secondary N) is 1. The third-order valence-electron chi connectivity index (χ3n) is 5.63. The Labute approximate surface area is 171 Å². The number of fused-ring (bicyclic) bond motifs is 1. The van der Waals surface area contributed by atoms with Gasteiger partial charge in [-0.2, -0.15) is 0 Å². The molecule has 1 N–H and O–H groups in total. The maximum absolute atomic E-state index is 12.6. The number of hydrogen-bond donors (Lipinski definition) is 1. The van der Waals surface area contributed by atoms with Crippen LogP contribution < -0.4 is 5.32 Å². The summed E-state index contributed by atoms with van der Waals surface area (Å²) in [6, 6.07) is 8.21. The summed E-state index contributed by atoms with van der Waals surface area (Å²) in [4.78, 5) is 26.0. The molecule has 0 unspecified atom stereocenters. The number of likely N-dealkylation sites (N-methyl/N-ethyl adjacent to an activating group) is 1. The number of amides is 1. The molecule has 1 aliphatic rings. The maximum Gasteiger partial charge on any atom is 0.224 e. The SMILES string of the molecule is CCN1CCN(C(=O)CCNc2c(-c3ccccc3C)nc3cnccn23)CC1. The van der Waals surface area contributed by atoms with E-state index in [1.165, 1.54) is 0 Å². The average Bonchev–Trinajstić information content (AvgIpc) is 3.12. The van der Waals surface area contributed by atoms with E-state index in [0.717, 1.165) is 61.0 Å². The van der Waals surface area contributed by atoms with Gasteiger partial charge in [0.05, 0.1) is 6.20 Å². The van der Waals surface area contributed by atoms with Gasteiger partial charge in [0.2, 0.25) is 5.91 Å². The predicted molar refractivity (Wildman–Crippen MR) is 115 cm³/mol. The number of aryl methyl sites for hydroxylation is 1. The lowest BCUT2D eigenvalue weighted by atomic mass is 10.1. The van der Waals surface area contributed by atoms with E-state index in [0.29, 0.717) is 13.0 Å². The largest absolute Gasteiger partial charge is 0.369 e. The van der Waals surface area contributed by atoms with E-state index in [1.807, 2.05) is 27.6 Å². The number of carbonyl (C=O) groups is 1. The Morgan fingerprint density at radius 2 is 1.97 bits per heavy atom. The lowest BCUT2D eigenvalue weighted by molar-refractivity contribution is -0.132. The second-order valence-corrected chi connectivity index (χ2v) is 7.42. The highest BCUT2D eigenvalue weighted by atomic mass is 16.2. The monoisotopic (exact) mass is 392 g/mol. The molecule has 152 valence electrons. The summed E-state index contributed by atoms with van der Waals surface area (Å²) in [5.74, 6) is 1.11. The predicted octanol–water partition coefficient (Wildman–Crippen LogP) is 2.67. The molecule has 1 fully saturated rings. The molecule has 0 atom stereocenters. The molecule has 3 heterocycles. The van der Waals surface area contributed by atoms with Crippen molar-refractivity contribution < 1.29 is 4.79 Å². The first-order valence-electron chi connectivity index (χ1n) is 10.3. The van der Waals surface area contributed by atoms with E-state index in [-0.39, 0.29) is 5.91 Å². The number of carbonyl (C=O) groups excluding carboxylic acids is 1. The fourth-order valence-electron chi connectivity index (χ4n) is 3.86. The molecule has 0 aliphatic carbocycles. The molecule has 4 rings (SSSR count). The van der Waals surface area contributed by atoms with E-state index >= 15 is 0 Å². The van der Waals surface area contributed by atoms with Crippen LogP contribution in [0.3, 0.4) is 0 Å². The standard InChI is InChI=1S/C22H28N6O/c1-3-26-12-14-27(15-13-26)20(29)8-9-24-22-21(18-7-5-4-6-17(18)2)25-19-16-23-10-11-28(19)22/h4-7,10-11,16,24H,3,8-9,12-15H2,1-2H3. The lowest BCUT2D eigenvalue weighted by Crippen LogP contribution is -2.48. The van der Waals surface area contributed by atoms with E-state index in [9.17, 15) is 4.79 Å². The number of piperazine rings is 1. The highest BCUT2D eigenvalue weighted by Crippen LogP contribution is 2.30. The molecule has 1 amide bonds. The van der Waals surface area contributed by atoms with E-state index in [4.69, 9.17) is 4.98 Å². The van der Waals surface area contributed by atoms with Gasteiger partial charge in [-0.05, 0) is 19.0 Å². The van der Waals surface area contributed by atoms with Crippen molar-refractivity contribution in [3.05, 3.63) is 48.4 Å². The molecule has 1 aliphatic heterocycles. The van der Waals surface area contributed by atoms with E-state index in [1.54, 1.807) is 12.4 Å². The summed E-state index contributed by atoms with van der Waals surface area (Å²) in [6.45, 7) is 9.45. The molecular weight excluding hydrogens is 364 g/mol. The zero-order valence-corrected chi connectivity index (χ0v) is 17.1. The van der Waals surface area contributed by atoms with Crippen molar-refractivity contribution in [1.29, 1.82) is 0 Å². The van der Waals surface area contributed by atoms with Crippen LogP contribution in [0.25, 0.3) is 16.9 Å². The molecule has 7 nitrogen and oxygen atoms in total. The van der Waals surface area contributed by atoms with Crippen LogP contribution in [0.4, 0.5) is 5.82 Å². The van der Waals surface area contributed by atoms with Crippen LogP contribution in [0, 0.1) is 6.92 Å². The third-order valence-corrected chi connectivity index (χ3v) is 5.63. The van der Waals surface area contributed by atoms with Crippen molar-refractivity contribution in [1.82, 2.24) is 24.2 Å². The molecule has 0 bridgehead atoms. The molecule has 1 saturated heterocycles. The van der Waals surface area contributed by atoms with Gasteiger partial charge in [-0.1, -0.05) is 31.2 Å². The van der Waals surface area contributed by atoms with Crippen LogP contribution in [0.5, 0.6) is 0 Å². The third kappa shape index (κ3) is 4.10. The lowest BCUT2D eigenvalue weighted by Gasteiger charge is -2.34. The number of anilines is 1. The minimum atomic E-state index is 0.209. The van der Waals surface area contributed by atoms with Crippen LogP contribution in [0.2, 0.25) is 0 Å². The Morgan fingerprint density at radius 1 is 1.17 bits per heavy atom. The fraction of sp³-hybridized carbons (Fsp3) is 0.409. The van der Waals surface area contributed by atoms with Gasteiger partial charge in [-0.25, -0.2) is 4.98 Å². The Hall–Kier alpha value is -2.93. The van der Waals surface area contributed by atoms with Crippen molar-refractivity contribution in [3.8, 4) is 11.3 Å². The zero-order chi connectivity index (χ0) is 20.2. The molecule has 29 heavy (non-hydrogen) atoms. The minimum Gasteiger partial charge on any atom is -0.369 e. The normalized spacial score (nSPS) is 15.0. The summed E-state index contributed by atoms with van der Waals surface area (Å²) in [6.07, 6.45) is 5.88. The second-order valence-electron chi connectivity index (χ2n) is 7.42. The van der Waals surface area contributed by atoms with Crippen LogP contribution in [0.1, 0.15) is 18.9 Å². The highest BCUT2D eigenvalue weighted by Gasteiger charge is 2.20. The number of benzene rings is 1. The summed E-state index contributed by atoms with van der Waals surface area (Å²) < 4.78 is 2.00. The van der Waals surface area contributed by atoms with Crippen molar-refractivity contribution >= 4 is 17.4 Å². The van der Waals surface area contributed by atoms with Crippen LogP contribution in [0.15, 0.2) is 42.9 Å². The quantitative estimate of drug-likeness (QED) is 0.699. The number of hydrogen-bond acceptors (Lipinski definition) is 5. The first-order valence-corrected chi connectivity index (χ1v) is 10.3. The number of imidazole rings is 1. The van der Waals surface area contributed by atoms with Crippen molar-refractivity contribution in [2.24, 2.45) is 0 Å². The average molecular weight is 393 g/mol. The fourth-order valence-corrected chi connectivity index (χ4v) is 3.86. The Bertz CT molecular complexity index is 990. The molecule has 0 saturated carbocycles. The van der Waals surface area contributed by atoms with Crippen LogP contribution in [-0.4, -0.2) is 69.3 Å². The number of aromatic nitrogens is 3. The van der Waals surface area contributed by atoms with E-state index in [2.05, 4.69) is 41.2 Å². The summed E-state index contributed by atoms with van der Waals surface area (Å²) in [7, 11) is 0. The van der Waals surface area contributed by atoms with Crippen molar-refractivity contribution in [2.75, 3.05) is 44.6 Å². The molecular formula is C22H28N6O. The first-order chi connectivity index (χ1) is 14.2. The molecule has 0 radical (unpaired) electrons. The van der Waals surface area contributed by atoms with Gasteiger partial charge in [0.1, 0.15) is 11.5 Å². The molecule has 1 aromatic carbocycles. The van der Waals surface area contributed by atoms with Gasteiger partial charge in [-0.15, -0.1) is 0 Å². The summed E-state index contributed by atoms with van der Waals surface area (Å²) >= 11 is 0. The number of nitrogens with zero attached hydrogens (tertiary/aromatic N) is 5. The van der Waals surface area contributed by atoms with Gasteiger partial charge in [-0.3, -0.25) is 14.2 Å². The van der Waals surface area contributed by atoms with Crippen molar-refractivity contribution in [2.45, 2.75) is 20.3 Å². The minimum absolute atomic E-state index is 0.209. The van der Waals surface area contributed by atoms with Crippen LogP contribution >= 0.6 is 0 Å². The molecule has 7 heteroatoms. The first kappa shape index (κ1) is 19.4. The maximum atomic E-state index is 12.6. The van der Waals surface area contributed by atoms with Gasteiger partial charge in [0.25, 0.3) is 0 Å². The molecule has 3 aromatic rings. The van der Waals surface area contributed by atoms with Crippen LogP contribution in [-0.2, 0) is 4.79 Å². The van der Waals surface area contributed by atoms with E-state index < -0.39 is 0 Å². The number of rotatable bonds is 6. The van der Waals surface area contributed by atoms with Gasteiger partial charge in [0, 0.05) is 57.1 Å². The Morgan fingerprint density at radius 3 is 2.72 bits per heavy atom. The smallest absolute Gasteiger partial charge is 0.224 e. The highest BCUT2D eigenvalue weighted by molar-refractivity contribution is 5.79. The van der Waals surface area contributed by atoms with Gasteiger partial charge < -0.3 is 15.1 Å². The Kier molecular flexibility index (Phi) is 5.76. The van der Waals surface area contributed by atoms with Gasteiger partial charge in [0.15, 0.2) is 5.65 Å². The topological polar surface area (TPSA) is 65.8 Å². The second kappa shape index (κ2) is 8.61. The zero-order valence-electron chi connectivity index (χ0n) is 17.1. The Balaban J connectivity index is 1.49. The molecule has 2 aromatic heterocycles. The summed E-state index contributed by atoms with van der Waals surface area (Å²) in [5.41, 5.74) is 3.92. The van der Waals surface area contributed by atoms with Gasteiger partial charge >= 0.3 is 0 Å². The van der Waals surface area contributed by atoms with Crippen molar-refractivity contribution in [3.63, 3.8) is 0 Å².